The minimum Gasteiger partial charge on any atom is -0.317 e. The number of hydrogen-bond acceptors (Lipinski definition) is 3. The fraction of sp³-hybridized carbons (Fsp3) is 1.00. The number of nitrogens with one attached hydrogen (secondary N) is 2. The van der Waals surface area contributed by atoms with Gasteiger partial charge in [-0.15, -0.1) is 0 Å². The number of rotatable bonds is 2. The maximum Gasteiger partial charge on any atom is 0.214 e. The van der Waals surface area contributed by atoms with Crippen LogP contribution in [0.25, 0.3) is 0 Å². The van der Waals surface area contributed by atoms with Gasteiger partial charge in [-0.3, -0.25) is 0 Å². The molecule has 0 aromatic heterocycles. The summed E-state index contributed by atoms with van der Waals surface area (Å²) in [5, 5.41) is 2.93. The van der Waals surface area contributed by atoms with Gasteiger partial charge in [-0.2, -0.15) is 0 Å². The van der Waals surface area contributed by atoms with E-state index in [1.165, 1.54) is 7.05 Å². The number of hydrogen-bond donors (Lipinski definition) is 2. The molecule has 1 aliphatic rings. The molecule has 0 aliphatic carbocycles. The van der Waals surface area contributed by atoms with E-state index in [-0.39, 0.29) is 5.25 Å². The summed E-state index contributed by atoms with van der Waals surface area (Å²) in [6.45, 7) is 1.62. The van der Waals surface area contributed by atoms with Gasteiger partial charge in [0.25, 0.3) is 0 Å². The van der Waals surface area contributed by atoms with E-state index in [9.17, 15) is 8.42 Å². The fourth-order valence-electron chi connectivity index (χ4n) is 1.27. The molecule has 1 aliphatic heterocycles. The van der Waals surface area contributed by atoms with Crippen LogP contribution in [0, 0.1) is 0 Å². The van der Waals surface area contributed by atoms with Crippen molar-refractivity contribution in [2.24, 2.45) is 0 Å². The first-order valence-electron chi connectivity index (χ1n) is 3.80. The molecule has 0 aromatic rings. The monoisotopic (exact) mass is 178 g/mol. The second-order valence-corrected chi connectivity index (χ2v) is 4.86. The lowest BCUT2D eigenvalue weighted by molar-refractivity contribution is 0.492. The van der Waals surface area contributed by atoms with Crippen molar-refractivity contribution in [3.8, 4) is 0 Å². The van der Waals surface area contributed by atoms with Crippen molar-refractivity contribution in [1.29, 1.82) is 0 Å². The topological polar surface area (TPSA) is 58.2 Å². The third-order valence-corrected chi connectivity index (χ3v) is 3.93. The predicted molar refractivity (Wildman–Crippen MR) is 43.9 cm³/mol. The maximum absolute atomic E-state index is 11.2. The maximum atomic E-state index is 11.2. The Labute approximate surface area is 67.4 Å². The molecular formula is C6H14N2O2S. The van der Waals surface area contributed by atoms with E-state index in [0.717, 1.165) is 25.9 Å². The van der Waals surface area contributed by atoms with Crippen LogP contribution in [0.5, 0.6) is 0 Å². The molecule has 1 rings (SSSR count). The molecule has 1 fully saturated rings. The van der Waals surface area contributed by atoms with Gasteiger partial charge in [0.15, 0.2) is 0 Å². The summed E-state index contributed by atoms with van der Waals surface area (Å²) in [6.07, 6.45) is 1.45. The highest BCUT2D eigenvalue weighted by Crippen LogP contribution is 2.10. The highest BCUT2D eigenvalue weighted by Gasteiger charge is 2.24. The van der Waals surface area contributed by atoms with Gasteiger partial charge in [0.2, 0.25) is 10.0 Å². The third kappa shape index (κ3) is 2.15. The van der Waals surface area contributed by atoms with Crippen LogP contribution in [0.3, 0.4) is 0 Å². The van der Waals surface area contributed by atoms with E-state index in [2.05, 4.69) is 10.0 Å². The first-order valence-corrected chi connectivity index (χ1v) is 5.34. The zero-order valence-corrected chi connectivity index (χ0v) is 7.45. The Hall–Kier alpha value is -0.130. The minimum absolute atomic E-state index is 0.186. The summed E-state index contributed by atoms with van der Waals surface area (Å²) >= 11 is 0. The SMILES string of the molecule is CNS(=O)(=O)C1CCNCC1. The number of piperidine rings is 1. The molecule has 1 heterocycles. The summed E-state index contributed by atoms with van der Waals surface area (Å²) in [5.41, 5.74) is 0. The Morgan fingerprint density at radius 3 is 2.36 bits per heavy atom. The van der Waals surface area contributed by atoms with Gasteiger partial charge >= 0.3 is 0 Å². The lowest BCUT2D eigenvalue weighted by Crippen LogP contribution is -2.40. The molecule has 0 aromatic carbocycles. The van der Waals surface area contributed by atoms with Crippen LogP contribution in [0.15, 0.2) is 0 Å². The Kier molecular flexibility index (Phi) is 2.86. The van der Waals surface area contributed by atoms with E-state index in [0.29, 0.717) is 0 Å². The smallest absolute Gasteiger partial charge is 0.214 e. The second kappa shape index (κ2) is 3.51. The molecule has 0 radical (unpaired) electrons. The average Bonchev–Trinajstić information content (AvgIpc) is 2.06. The van der Waals surface area contributed by atoms with Crippen LogP contribution >= 0.6 is 0 Å². The molecule has 0 atom stereocenters. The van der Waals surface area contributed by atoms with Crippen LogP contribution in [-0.4, -0.2) is 33.8 Å². The Morgan fingerprint density at radius 2 is 1.91 bits per heavy atom. The normalized spacial score (nSPS) is 21.9. The quantitative estimate of drug-likeness (QED) is 0.587. The molecule has 0 spiro atoms. The van der Waals surface area contributed by atoms with Crippen molar-refractivity contribution < 1.29 is 8.42 Å². The van der Waals surface area contributed by atoms with Gasteiger partial charge in [-0.1, -0.05) is 0 Å². The second-order valence-electron chi connectivity index (χ2n) is 2.70. The van der Waals surface area contributed by atoms with Crippen molar-refractivity contribution >= 4 is 10.0 Å². The molecule has 0 saturated carbocycles. The fourth-order valence-corrected chi connectivity index (χ4v) is 2.46. The molecule has 66 valence electrons. The summed E-state index contributed by atoms with van der Waals surface area (Å²) < 4.78 is 24.8. The molecule has 0 unspecified atom stereocenters. The summed E-state index contributed by atoms with van der Waals surface area (Å²) in [4.78, 5) is 0. The number of sulfonamides is 1. The minimum atomic E-state index is -3.01. The lowest BCUT2D eigenvalue weighted by atomic mass is 10.2. The van der Waals surface area contributed by atoms with E-state index < -0.39 is 10.0 Å². The molecule has 4 nitrogen and oxygen atoms in total. The molecule has 11 heavy (non-hydrogen) atoms. The van der Waals surface area contributed by atoms with Crippen LogP contribution in [0.1, 0.15) is 12.8 Å². The Bertz CT molecular complexity index is 207. The van der Waals surface area contributed by atoms with E-state index >= 15 is 0 Å². The van der Waals surface area contributed by atoms with Gasteiger partial charge in [-0.25, -0.2) is 13.1 Å². The van der Waals surface area contributed by atoms with Gasteiger partial charge < -0.3 is 5.32 Å². The van der Waals surface area contributed by atoms with Gasteiger partial charge in [0.1, 0.15) is 0 Å². The van der Waals surface area contributed by atoms with Crippen molar-refractivity contribution in [3.05, 3.63) is 0 Å². The van der Waals surface area contributed by atoms with Crippen molar-refractivity contribution in [1.82, 2.24) is 10.0 Å². The first kappa shape index (κ1) is 8.96. The van der Waals surface area contributed by atoms with Crippen LogP contribution in [-0.2, 0) is 10.0 Å². The summed E-state index contributed by atoms with van der Waals surface area (Å²) in [6, 6.07) is 0. The highest BCUT2D eigenvalue weighted by atomic mass is 32.2. The van der Waals surface area contributed by atoms with Crippen molar-refractivity contribution in [3.63, 3.8) is 0 Å². The zero-order chi connectivity index (χ0) is 8.32. The summed E-state index contributed by atoms with van der Waals surface area (Å²) in [7, 11) is -1.54. The van der Waals surface area contributed by atoms with Gasteiger partial charge in [0, 0.05) is 0 Å². The Morgan fingerprint density at radius 1 is 1.36 bits per heavy atom. The summed E-state index contributed by atoms with van der Waals surface area (Å²) in [5.74, 6) is 0. The highest BCUT2D eigenvalue weighted by molar-refractivity contribution is 7.90. The van der Waals surface area contributed by atoms with E-state index in [1.807, 2.05) is 0 Å². The predicted octanol–water partition coefficient (Wildman–Crippen LogP) is -0.712. The third-order valence-electron chi connectivity index (χ3n) is 2.01. The van der Waals surface area contributed by atoms with Gasteiger partial charge in [0.05, 0.1) is 5.25 Å². The van der Waals surface area contributed by atoms with Crippen LogP contribution in [0.4, 0.5) is 0 Å². The van der Waals surface area contributed by atoms with Crippen LogP contribution in [0.2, 0.25) is 0 Å². The molecule has 0 bridgehead atoms. The molecular weight excluding hydrogens is 164 g/mol. The zero-order valence-electron chi connectivity index (χ0n) is 6.63. The molecule has 0 amide bonds. The van der Waals surface area contributed by atoms with Crippen LogP contribution < -0.4 is 10.0 Å². The molecule has 1 saturated heterocycles. The van der Waals surface area contributed by atoms with E-state index in [4.69, 9.17) is 0 Å². The average molecular weight is 178 g/mol. The Balaban J connectivity index is 2.58. The van der Waals surface area contributed by atoms with Crippen molar-refractivity contribution in [2.75, 3.05) is 20.1 Å². The van der Waals surface area contributed by atoms with E-state index in [1.54, 1.807) is 0 Å². The van der Waals surface area contributed by atoms with Gasteiger partial charge in [-0.05, 0) is 33.0 Å². The molecule has 2 N–H and O–H groups in total. The first-order chi connectivity index (χ1) is 5.17. The van der Waals surface area contributed by atoms with Crippen molar-refractivity contribution in [2.45, 2.75) is 18.1 Å². The largest absolute Gasteiger partial charge is 0.317 e. The molecule has 5 heteroatoms. The standard InChI is InChI=1S/C6H14N2O2S/c1-7-11(9,10)6-2-4-8-5-3-6/h6-8H,2-5H2,1H3. The lowest BCUT2D eigenvalue weighted by Gasteiger charge is -2.21.